The van der Waals surface area contributed by atoms with E-state index < -0.39 is 12.5 Å². The zero-order chi connectivity index (χ0) is 12.0. The molecule has 0 amide bonds. The highest BCUT2D eigenvalue weighted by Crippen LogP contribution is 2.10. The molecule has 5 nitrogen and oxygen atoms in total. The highest BCUT2D eigenvalue weighted by atomic mass is 16.5. The molecule has 0 aromatic rings. The quantitative estimate of drug-likeness (QED) is 0.353. The van der Waals surface area contributed by atoms with Gasteiger partial charge in [0.15, 0.2) is 12.5 Å². The van der Waals surface area contributed by atoms with Crippen LogP contribution in [-0.4, -0.2) is 40.6 Å². The second kappa shape index (κ2) is 6.62. The van der Waals surface area contributed by atoms with E-state index in [0.717, 1.165) is 31.5 Å². The van der Waals surface area contributed by atoms with Crippen LogP contribution in [0.25, 0.3) is 0 Å². The van der Waals surface area contributed by atoms with Gasteiger partial charge in [-0.1, -0.05) is 12.2 Å². The fourth-order valence-corrected chi connectivity index (χ4v) is 1.63. The van der Waals surface area contributed by atoms with Crippen molar-refractivity contribution in [3.05, 3.63) is 12.2 Å². The van der Waals surface area contributed by atoms with Crippen LogP contribution in [0.4, 0.5) is 0 Å². The predicted octanol–water partition coefficient (Wildman–Crippen LogP) is 0.608. The van der Waals surface area contributed by atoms with Gasteiger partial charge in [0.05, 0.1) is 0 Å². The van der Waals surface area contributed by atoms with Gasteiger partial charge in [-0.05, 0) is 26.2 Å². The Morgan fingerprint density at radius 1 is 1.50 bits per heavy atom. The lowest BCUT2D eigenvalue weighted by atomic mass is 10.2. The molecule has 16 heavy (non-hydrogen) atoms. The minimum Gasteiger partial charge on any atom is -0.365 e. The van der Waals surface area contributed by atoms with Crippen molar-refractivity contribution in [1.29, 1.82) is 0 Å². The van der Waals surface area contributed by atoms with Gasteiger partial charge >= 0.3 is 0 Å². The van der Waals surface area contributed by atoms with Crippen molar-refractivity contribution in [2.24, 2.45) is 4.99 Å². The Hall–Kier alpha value is -0.910. The van der Waals surface area contributed by atoms with E-state index in [-0.39, 0.29) is 0 Å². The van der Waals surface area contributed by atoms with Crippen LogP contribution in [0.5, 0.6) is 0 Å². The molecule has 0 spiro atoms. The van der Waals surface area contributed by atoms with Gasteiger partial charge in [0, 0.05) is 13.5 Å². The summed E-state index contributed by atoms with van der Waals surface area (Å²) in [7, 11) is 1.84. The van der Waals surface area contributed by atoms with Gasteiger partial charge in [-0.25, -0.2) is 10.4 Å². The maximum atomic E-state index is 8.98. The van der Waals surface area contributed by atoms with Crippen LogP contribution in [0.3, 0.4) is 0 Å². The van der Waals surface area contributed by atoms with Crippen LogP contribution in [-0.2, 0) is 0 Å². The van der Waals surface area contributed by atoms with Gasteiger partial charge in [0.1, 0.15) is 5.84 Å². The molecule has 0 aromatic heterocycles. The van der Waals surface area contributed by atoms with Crippen LogP contribution >= 0.6 is 0 Å². The molecule has 0 saturated heterocycles. The molecular formula is C11H21N3O2. The summed E-state index contributed by atoms with van der Waals surface area (Å²) in [6, 6.07) is 0. The van der Waals surface area contributed by atoms with Gasteiger partial charge < -0.3 is 10.2 Å². The molecule has 92 valence electrons. The van der Waals surface area contributed by atoms with Gasteiger partial charge in [0.2, 0.25) is 0 Å². The average Bonchev–Trinajstić information content (AvgIpc) is 2.60. The third-order valence-corrected chi connectivity index (χ3v) is 2.54. The third-order valence-electron chi connectivity index (χ3n) is 2.54. The van der Waals surface area contributed by atoms with Gasteiger partial charge in [-0.3, -0.25) is 5.01 Å². The molecule has 3 N–H and O–H groups in total. The number of hydrogen-bond acceptors (Lipinski definition) is 5. The second-order valence-electron chi connectivity index (χ2n) is 3.91. The summed E-state index contributed by atoms with van der Waals surface area (Å²) in [5.41, 5.74) is 2.87. The number of aliphatic imine (C=N–C) groups is 1. The van der Waals surface area contributed by atoms with Gasteiger partial charge in [0.25, 0.3) is 0 Å². The summed E-state index contributed by atoms with van der Waals surface area (Å²) in [5, 5.41) is 19.7. The fraction of sp³-hybridized carbons (Fsp3) is 0.727. The van der Waals surface area contributed by atoms with Crippen molar-refractivity contribution < 1.29 is 10.2 Å². The van der Waals surface area contributed by atoms with E-state index in [1.54, 1.807) is 5.01 Å². The smallest absolute Gasteiger partial charge is 0.189 e. The molecule has 5 heteroatoms. The minimum atomic E-state index is -1.44. The number of rotatable bonds is 6. The molecule has 1 atom stereocenters. The summed E-state index contributed by atoms with van der Waals surface area (Å²) in [4.78, 5) is 4.20. The van der Waals surface area contributed by atoms with Crippen molar-refractivity contribution in [1.82, 2.24) is 10.4 Å². The lowest BCUT2D eigenvalue weighted by Gasteiger charge is -2.16. The first-order valence-electron chi connectivity index (χ1n) is 5.69. The molecule has 0 fully saturated rings. The number of allylic oxidation sites excluding steroid dienone is 2. The number of hydrazine groups is 1. The molecular weight excluding hydrogens is 206 g/mol. The first-order chi connectivity index (χ1) is 7.65. The Balaban J connectivity index is 2.28. The average molecular weight is 227 g/mol. The standard InChI is InChI=1S/C11H21N3O2/c1-3-4-5-6-7-8-9-12-10(11(15)16)13-14(9)2/h3-4,10-11,13,15-16H,5-8H2,1-2H3/b4-3-/t10-/m0/s1. The molecule has 0 saturated carbocycles. The number of aliphatic hydroxyl groups is 2. The number of unbranched alkanes of at least 4 members (excludes halogenated alkanes) is 2. The maximum Gasteiger partial charge on any atom is 0.189 e. The zero-order valence-corrected chi connectivity index (χ0v) is 9.93. The van der Waals surface area contributed by atoms with Crippen molar-refractivity contribution in [2.45, 2.75) is 45.1 Å². The van der Waals surface area contributed by atoms with E-state index in [4.69, 9.17) is 10.2 Å². The second-order valence-corrected chi connectivity index (χ2v) is 3.91. The molecule has 0 radical (unpaired) electrons. The van der Waals surface area contributed by atoms with Crippen molar-refractivity contribution in [3.63, 3.8) is 0 Å². The fourth-order valence-electron chi connectivity index (χ4n) is 1.63. The normalized spacial score (nSPS) is 21.2. The molecule has 1 rings (SSSR count). The van der Waals surface area contributed by atoms with Crippen LogP contribution in [0, 0.1) is 0 Å². The molecule has 0 unspecified atom stereocenters. The Labute approximate surface area is 96.5 Å². The Kier molecular flexibility index (Phi) is 5.45. The molecule has 1 aliphatic heterocycles. The summed E-state index contributed by atoms with van der Waals surface area (Å²) >= 11 is 0. The molecule has 1 heterocycles. The van der Waals surface area contributed by atoms with E-state index in [1.807, 2.05) is 14.0 Å². The molecule has 1 aliphatic rings. The highest BCUT2D eigenvalue weighted by Gasteiger charge is 2.25. The molecule has 0 aromatic carbocycles. The van der Waals surface area contributed by atoms with Crippen LogP contribution in [0.2, 0.25) is 0 Å². The van der Waals surface area contributed by atoms with E-state index in [1.165, 1.54) is 0 Å². The van der Waals surface area contributed by atoms with E-state index >= 15 is 0 Å². The SMILES string of the molecule is C/C=C\CCCCC1=N[C@H](C(O)O)NN1C. The van der Waals surface area contributed by atoms with E-state index in [9.17, 15) is 0 Å². The van der Waals surface area contributed by atoms with Crippen LogP contribution in [0.15, 0.2) is 17.1 Å². The largest absolute Gasteiger partial charge is 0.365 e. The monoisotopic (exact) mass is 227 g/mol. The summed E-state index contributed by atoms with van der Waals surface area (Å²) in [5.74, 6) is 0.888. The van der Waals surface area contributed by atoms with Crippen molar-refractivity contribution >= 4 is 5.84 Å². The lowest BCUT2D eigenvalue weighted by molar-refractivity contribution is -0.0692. The number of aliphatic hydroxyl groups excluding tert-OH is 1. The number of amidine groups is 1. The van der Waals surface area contributed by atoms with Crippen molar-refractivity contribution in [3.8, 4) is 0 Å². The summed E-state index contributed by atoms with van der Waals surface area (Å²) < 4.78 is 0. The first kappa shape index (κ1) is 13.2. The minimum absolute atomic E-state index is 0.615. The highest BCUT2D eigenvalue weighted by molar-refractivity contribution is 5.83. The number of nitrogens with one attached hydrogen (secondary N) is 1. The van der Waals surface area contributed by atoms with Crippen molar-refractivity contribution in [2.75, 3.05) is 7.05 Å². The zero-order valence-electron chi connectivity index (χ0n) is 9.93. The Morgan fingerprint density at radius 3 is 2.81 bits per heavy atom. The maximum absolute atomic E-state index is 8.98. The van der Waals surface area contributed by atoms with E-state index in [0.29, 0.717) is 0 Å². The van der Waals surface area contributed by atoms with Crippen LogP contribution in [0.1, 0.15) is 32.6 Å². The Morgan fingerprint density at radius 2 is 2.25 bits per heavy atom. The Bertz CT molecular complexity index is 264. The topological polar surface area (TPSA) is 68.1 Å². The third kappa shape index (κ3) is 3.92. The summed E-state index contributed by atoms with van der Waals surface area (Å²) in [6.07, 6.45) is 6.29. The van der Waals surface area contributed by atoms with Crippen LogP contribution < -0.4 is 5.43 Å². The lowest BCUT2D eigenvalue weighted by Crippen LogP contribution is -2.42. The van der Waals surface area contributed by atoms with E-state index in [2.05, 4.69) is 22.6 Å². The number of hydrogen-bond donors (Lipinski definition) is 3. The molecule has 0 bridgehead atoms. The first-order valence-corrected chi connectivity index (χ1v) is 5.69. The summed E-state index contributed by atoms with van der Waals surface area (Å²) in [6.45, 7) is 2.02. The number of nitrogens with zero attached hydrogens (tertiary/aromatic N) is 2. The molecule has 0 aliphatic carbocycles. The van der Waals surface area contributed by atoms with Gasteiger partial charge in [-0.2, -0.15) is 0 Å². The predicted molar refractivity (Wildman–Crippen MR) is 63.6 cm³/mol. The van der Waals surface area contributed by atoms with Gasteiger partial charge in [-0.15, -0.1) is 0 Å².